The molecule has 3 rings (SSSR count). The standard InChI is InChI=1S/C12H14N2O/c1-8(2)9-5-10-11(15)13-7-12(3-4-12)14(10)6-9/h5-6H,1,3-4,7H2,2H3,(H,13,15). The van der Waals surface area contributed by atoms with E-state index in [-0.39, 0.29) is 11.4 Å². The summed E-state index contributed by atoms with van der Waals surface area (Å²) in [4.78, 5) is 11.7. The van der Waals surface area contributed by atoms with Crippen LogP contribution in [0.25, 0.3) is 5.57 Å². The summed E-state index contributed by atoms with van der Waals surface area (Å²) in [6.07, 6.45) is 4.42. The van der Waals surface area contributed by atoms with Gasteiger partial charge in [-0.1, -0.05) is 6.58 Å². The van der Waals surface area contributed by atoms with Crippen molar-refractivity contribution >= 4 is 11.5 Å². The van der Waals surface area contributed by atoms with Crippen molar-refractivity contribution in [1.82, 2.24) is 9.88 Å². The summed E-state index contributed by atoms with van der Waals surface area (Å²) in [7, 11) is 0. The van der Waals surface area contributed by atoms with Gasteiger partial charge in [-0.25, -0.2) is 0 Å². The normalized spacial score (nSPS) is 21.0. The lowest BCUT2D eigenvalue weighted by molar-refractivity contribution is 0.0909. The molecule has 0 aromatic carbocycles. The van der Waals surface area contributed by atoms with Crippen molar-refractivity contribution in [3.63, 3.8) is 0 Å². The topological polar surface area (TPSA) is 34.0 Å². The van der Waals surface area contributed by atoms with Gasteiger partial charge in [0.05, 0.1) is 5.54 Å². The number of fused-ring (bicyclic) bond motifs is 2. The van der Waals surface area contributed by atoms with Crippen molar-refractivity contribution < 1.29 is 4.79 Å². The quantitative estimate of drug-likeness (QED) is 0.739. The molecule has 1 spiro atoms. The first kappa shape index (κ1) is 8.77. The number of rotatable bonds is 1. The van der Waals surface area contributed by atoms with Crippen LogP contribution in [0.1, 0.15) is 35.8 Å². The minimum Gasteiger partial charge on any atom is -0.348 e. The Labute approximate surface area is 88.8 Å². The number of carbonyl (C=O) groups is 1. The average Bonchev–Trinajstić information content (AvgIpc) is 2.80. The molecule has 1 N–H and O–H groups in total. The molecule has 0 saturated heterocycles. The lowest BCUT2D eigenvalue weighted by Gasteiger charge is -2.25. The highest BCUT2D eigenvalue weighted by molar-refractivity contribution is 5.95. The third-order valence-corrected chi connectivity index (χ3v) is 3.46. The second-order valence-electron chi connectivity index (χ2n) is 4.67. The van der Waals surface area contributed by atoms with Crippen LogP contribution in [0.2, 0.25) is 0 Å². The zero-order valence-corrected chi connectivity index (χ0v) is 8.84. The van der Waals surface area contributed by atoms with Gasteiger partial charge in [-0.2, -0.15) is 0 Å². The first-order valence-electron chi connectivity index (χ1n) is 5.29. The number of hydrogen-bond acceptors (Lipinski definition) is 1. The highest BCUT2D eigenvalue weighted by Gasteiger charge is 2.48. The lowest BCUT2D eigenvalue weighted by atomic mass is 10.2. The third kappa shape index (κ3) is 1.09. The van der Waals surface area contributed by atoms with Crippen molar-refractivity contribution in [3.8, 4) is 0 Å². The maximum Gasteiger partial charge on any atom is 0.268 e. The lowest BCUT2D eigenvalue weighted by Crippen LogP contribution is -2.43. The van der Waals surface area contributed by atoms with Crippen LogP contribution in [-0.4, -0.2) is 17.0 Å². The predicted octanol–water partition coefficient (Wildman–Crippen LogP) is 1.75. The fourth-order valence-electron chi connectivity index (χ4n) is 2.25. The van der Waals surface area contributed by atoms with E-state index in [4.69, 9.17) is 0 Å². The summed E-state index contributed by atoms with van der Waals surface area (Å²) < 4.78 is 2.15. The molecule has 15 heavy (non-hydrogen) atoms. The number of carbonyl (C=O) groups excluding carboxylic acids is 1. The Morgan fingerprint density at radius 2 is 2.33 bits per heavy atom. The summed E-state index contributed by atoms with van der Waals surface area (Å²) in [5.74, 6) is 0.0417. The molecule has 78 valence electrons. The van der Waals surface area contributed by atoms with E-state index < -0.39 is 0 Å². The van der Waals surface area contributed by atoms with Crippen LogP contribution in [0, 0.1) is 0 Å². The molecular formula is C12H14N2O. The highest BCUT2D eigenvalue weighted by Crippen LogP contribution is 2.46. The van der Waals surface area contributed by atoms with E-state index in [9.17, 15) is 4.79 Å². The molecule has 0 radical (unpaired) electrons. The second kappa shape index (κ2) is 2.54. The van der Waals surface area contributed by atoms with Gasteiger partial charge in [0.15, 0.2) is 0 Å². The van der Waals surface area contributed by atoms with E-state index in [1.165, 1.54) is 12.8 Å². The van der Waals surface area contributed by atoms with Gasteiger partial charge in [0.1, 0.15) is 5.69 Å². The summed E-state index contributed by atoms with van der Waals surface area (Å²) >= 11 is 0. The van der Waals surface area contributed by atoms with Gasteiger partial charge in [-0.15, -0.1) is 0 Å². The van der Waals surface area contributed by atoms with Crippen molar-refractivity contribution in [2.24, 2.45) is 0 Å². The smallest absolute Gasteiger partial charge is 0.268 e. The fraction of sp³-hybridized carbons (Fsp3) is 0.417. The van der Waals surface area contributed by atoms with Crippen molar-refractivity contribution in [1.29, 1.82) is 0 Å². The second-order valence-corrected chi connectivity index (χ2v) is 4.67. The van der Waals surface area contributed by atoms with E-state index in [0.717, 1.165) is 23.4 Å². The number of nitrogens with zero attached hydrogens (tertiary/aromatic N) is 1. The largest absolute Gasteiger partial charge is 0.348 e. The van der Waals surface area contributed by atoms with E-state index >= 15 is 0 Å². The van der Waals surface area contributed by atoms with Crippen molar-refractivity contribution in [2.45, 2.75) is 25.3 Å². The molecule has 0 atom stereocenters. The van der Waals surface area contributed by atoms with Gasteiger partial charge in [-0.05, 0) is 37.0 Å². The Bertz CT molecular complexity index is 466. The van der Waals surface area contributed by atoms with Crippen LogP contribution in [0.4, 0.5) is 0 Å². The first-order chi connectivity index (χ1) is 7.12. The highest BCUT2D eigenvalue weighted by atomic mass is 16.2. The Balaban J connectivity index is 2.16. The minimum absolute atomic E-state index is 0.0417. The number of amides is 1. The molecular weight excluding hydrogens is 188 g/mol. The molecule has 1 amide bonds. The van der Waals surface area contributed by atoms with E-state index in [0.29, 0.717) is 0 Å². The number of hydrogen-bond donors (Lipinski definition) is 1. The van der Waals surface area contributed by atoms with Crippen molar-refractivity contribution in [3.05, 3.63) is 30.1 Å². The molecule has 1 aromatic rings. The minimum atomic E-state index is 0.0417. The van der Waals surface area contributed by atoms with Gasteiger partial charge >= 0.3 is 0 Å². The van der Waals surface area contributed by atoms with Gasteiger partial charge in [-0.3, -0.25) is 4.79 Å². The van der Waals surface area contributed by atoms with Crippen LogP contribution in [-0.2, 0) is 5.54 Å². The molecule has 2 aliphatic rings. The molecule has 3 nitrogen and oxygen atoms in total. The Hall–Kier alpha value is -1.51. The zero-order chi connectivity index (χ0) is 10.6. The van der Waals surface area contributed by atoms with Gasteiger partial charge in [0, 0.05) is 12.7 Å². The summed E-state index contributed by atoms with van der Waals surface area (Å²) in [5, 5.41) is 2.95. The molecule has 1 aromatic heterocycles. The molecule has 2 heterocycles. The summed E-state index contributed by atoms with van der Waals surface area (Å²) in [6.45, 7) is 6.67. The molecule has 0 bridgehead atoms. The van der Waals surface area contributed by atoms with Crippen LogP contribution in [0.5, 0.6) is 0 Å². The monoisotopic (exact) mass is 202 g/mol. The van der Waals surface area contributed by atoms with E-state index in [2.05, 4.69) is 22.7 Å². The Morgan fingerprint density at radius 3 is 2.93 bits per heavy atom. The van der Waals surface area contributed by atoms with Crippen LogP contribution < -0.4 is 5.32 Å². The van der Waals surface area contributed by atoms with E-state index in [1.807, 2.05) is 13.0 Å². The molecule has 1 aliphatic carbocycles. The zero-order valence-electron chi connectivity index (χ0n) is 8.84. The summed E-state index contributed by atoms with van der Waals surface area (Å²) in [5.41, 5.74) is 3.07. The summed E-state index contributed by atoms with van der Waals surface area (Å²) in [6, 6.07) is 1.94. The fourth-order valence-corrected chi connectivity index (χ4v) is 2.25. The van der Waals surface area contributed by atoms with E-state index in [1.54, 1.807) is 0 Å². The number of aromatic nitrogens is 1. The van der Waals surface area contributed by atoms with Crippen molar-refractivity contribution in [2.75, 3.05) is 6.54 Å². The van der Waals surface area contributed by atoms with Crippen LogP contribution in [0.3, 0.4) is 0 Å². The van der Waals surface area contributed by atoms with Gasteiger partial charge in [0.2, 0.25) is 0 Å². The Morgan fingerprint density at radius 1 is 1.60 bits per heavy atom. The van der Waals surface area contributed by atoms with Crippen LogP contribution >= 0.6 is 0 Å². The third-order valence-electron chi connectivity index (χ3n) is 3.46. The first-order valence-corrected chi connectivity index (χ1v) is 5.29. The Kier molecular flexibility index (Phi) is 1.48. The molecule has 1 saturated carbocycles. The van der Waals surface area contributed by atoms with Gasteiger partial charge < -0.3 is 9.88 Å². The number of allylic oxidation sites excluding steroid dienone is 1. The average molecular weight is 202 g/mol. The van der Waals surface area contributed by atoms with Crippen LogP contribution in [0.15, 0.2) is 18.8 Å². The van der Waals surface area contributed by atoms with Gasteiger partial charge in [0.25, 0.3) is 5.91 Å². The maximum absolute atomic E-state index is 11.7. The SMILES string of the molecule is C=C(C)c1cc2n(c1)C1(CC1)CNC2=O. The molecule has 0 unspecified atom stereocenters. The number of nitrogens with one attached hydrogen (secondary N) is 1. The molecule has 1 aliphatic heterocycles. The molecule has 1 fully saturated rings. The maximum atomic E-state index is 11.7. The predicted molar refractivity (Wildman–Crippen MR) is 58.7 cm³/mol. The molecule has 3 heteroatoms.